The molecule has 0 N–H and O–H groups in total. The molecule has 59 heavy (non-hydrogen) atoms. The number of hydrogen-bond donors (Lipinski definition) is 0. The van der Waals surface area contributed by atoms with E-state index in [2.05, 4.69) is 93.7 Å². The third-order valence-corrected chi connectivity index (χ3v) is 9.71. The van der Waals surface area contributed by atoms with Crippen molar-refractivity contribution in [3.05, 3.63) is 97.2 Å². The molecule has 0 radical (unpaired) electrons. The van der Waals surface area contributed by atoms with Crippen LogP contribution in [-0.4, -0.2) is 37.2 Å². The van der Waals surface area contributed by atoms with Crippen LogP contribution in [0.25, 0.3) is 0 Å². The van der Waals surface area contributed by atoms with Crippen LogP contribution in [0.4, 0.5) is 0 Å². The molecule has 0 fully saturated rings. The number of rotatable bonds is 41. The Hall–Kier alpha value is -3.67. The van der Waals surface area contributed by atoms with Crippen LogP contribution in [0.15, 0.2) is 97.2 Å². The van der Waals surface area contributed by atoms with Gasteiger partial charge in [-0.15, -0.1) is 0 Å². The molecule has 1 atom stereocenters. The van der Waals surface area contributed by atoms with Crippen molar-refractivity contribution < 1.29 is 28.6 Å². The lowest BCUT2D eigenvalue weighted by Gasteiger charge is -2.18. The Morgan fingerprint density at radius 2 is 0.678 bits per heavy atom. The Balaban J connectivity index is 4.47. The smallest absolute Gasteiger partial charge is 0.306 e. The van der Waals surface area contributed by atoms with Crippen LogP contribution in [-0.2, 0) is 28.6 Å². The molecule has 0 aliphatic heterocycles. The van der Waals surface area contributed by atoms with Crippen molar-refractivity contribution in [1.82, 2.24) is 0 Å². The lowest BCUT2D eigenvalue weighted by atomic mass is 10.1. The molecule has 6 heteroatoms. The van der Waals surface area contributed by atoms with Gasteiger partial charge < -0.3 is 14.2 Å². The summed E-state index contributed by atoms with van der Waals surface area (Å²) < 4.78 is 16.7. The van der Waals surface area contributed by atoms with E-state index in [1.807, 2.05) is 24.3 Å². The predicted octanol–water partition coefficient (Wildman–Crippen LogP) is 15.4. The fraction of sp³-hybridized carbons (Fsp3) is 0.642. The summed E-state index contributed by atoms with van der Waals surface area (Å²) in [6.45, 7) is 6.27. The van der Waals surface area contributed by atoms with Gasteiger partial charge in [0.05, 0.1) is 0 Å². The van der Waals surface area contributed by atoms with E-state index in [-0.39, 0.29) is 31.1 Å². The minimum absolute atomic E-state index is 0.0964. The molecule has 0 aromatic heterocycles. The molecule has 0 bridgehead atoms. The first kappa shape index (κ1) is 55.3. The quantitative estimate of drug-likeness (QED) is 0.0201. The number of carbonyl (C=O) groups is 3. The predicted molar refractivity (Wildman–Crippen MR) is 251 cm³/mol. The average molecular weight is 819 g/mol. The summed E-state index contributed by atoms with van der Waals surface area (Å²) in [5, 5.41) is 0. The van der Waals surface area contributed by atoms with Crippen LogP contribution in [0.1, 0.15) is 201 Å². The average Bonchev–Trinajstić information content (AvgIpc) is 3.23. The molecule has 0 saturated carbocycles. The maximum atomic E-state index is 12.8. The van der Waals surface area contributed by atoms with Gasteiger partial charge in [0.25, 0.3) is 0 Å². The molecular formula is C53H86O6. The summed E-state index contributed by atoms with van der Waals surface area (Å²) in [6.07, 6.45) is 61.0. The zero-order valence-electron chi connectivity index (χ0n) is 38.0. The normalized spacial score (nSPS) is 12.9. The zero-order valence-corrected chi connectivity index (χ0v) is 38.0. The van der Waals surface area contributed by atoms with Crippen LogP contribution in [0.5, 0.6) is 0 Å². The number of unbranched alkanes of at least 4 members (excludes halogenated alkanes) is 19. The van der Waals surface area contributed by atoms with Crippen molar-refractivity contribution in [2.75, 3.05) is 13.2 Å². The van der Waals surface area contributed by atoms with Gasteiger partial charge in [-0.2, -0.15) is 0 Å². The first-order valence-electron chi connectivity index (χ1n) is 23.8. The van der Waals surface area contributed by atoms with E-state index >= 15 is 0 Å². The van der Waals surface area contributed by atoms with Crippen molar-refractivity contribution in [2.24, 2.45) is 0 Å². The second-order valence-electron chi connectivity index (χ2n) is 15.4. The van der Waals surface area contributed by atoms with Crippen molar-refractivity contribution >= 4 is 17.9 Å². The Morgan fingerprint density at radius 3 is 1.08 bits per heavy atom. The van der Waals surface area contributed by atoms with Gasteiger partial charge in [0.2, 0.25) is 0 Å². The molecule has 0 heterocycles. The Morgan fingerprint density at radius 1 is 0.356 bits per heavy atom. The minimum Gasteiger partial charge on any atom is -0.462 e. The van der Waals surface area contributed by atoms with E-state index < -0.39 is 6.10 Å². The highest BCUT2D eigenvalue weighted by atomic mass is 16.6. The fourth-order valence-corrected chi connectivity index (χ4v) is 6.14. The molecule has 0 spiro atoms. The minimum atomic E-state index is -0.796. The molecule has 0 amide bonds. The van der Waals surface area contributed by atoms with E-state index in [1.165, 1.54) is 44.9 Å². The van der Waals surface area contributed by atoms with Gasteiger partial charge >= 0.3 is 17.9 Å². The van der Waals surface area contributed by atoms with E-state index in [0.717, 1.165) is 116 Å². The van der Waals surface area contributed by atoms with Gasteiger partial charge in [-0.3, -0.25) is 14.4 Å². The van der Waals surface area contributed by atoms with Gasteiger partial charge in [0, 0.05) is 19.3 Å². The SMILES string of the molecule is CC\C=C/C=C\C=C/C=C\CCCCCCCC(=O)OCC(COC(=O)CCCCCCC/C=C\CCCC)OC(=O)CCCCCCCCC\C=C/C=C\C=C/CC. The Labute approximate surface area is 362 Å². The number of allylic oxidation sites excluding steroid dienone is 16. The van der Waals surface area contributed by atoms with Crippen LogP contribution in [0, 0.1) is 0 Å². The topological polar surface area (TPSA) is 78.9 Å². The highest BCUT2D eigenvalue weighted by molar-refractivity contribution is 5.71. The lowest BCUT2D eigenvalue weighted by Crippen LogP contribution is -2.30. The van der Waals surface area contributed by atoms with Gasteiger partial charge in [-0.25, -0.2) is 0 Å². The number of ether oxygens (including phenoxy) is 3. The Bertz CT molecular complexity index is 1220. The first-order valence-corrected chi connectivity index (χ1v) is 23.8. The van der Waals surface area contributed by atoms with Crippen molar-refractivity contribution in [3.8, 4) is 0 Å². The van der Waals surface area contributed by atoms with Crippen LogP contribution >= 0.6 is 0 Å². The third kappa shape index (κ3) is 45.3. The standard InChI is InChI=1S/C53H86O6/c1-4-7-10-13-16-19-22-24-26-28-31-34-37-40-43-46-52(55)58-49-50(48-57-51(54)45-42-39-36-33-30-21-18-15-12-9-6-3)59-53(56)47-44-41-38-35-32-29-27-25-23-20-17-14-11-8-5-2/h7-8,10-11,13-20,22-24,26,50H,4-6,9,12,21,25,27-49H2,1-3H3/b10-7-,11-8-,16-13-,17-14-,18-15-,22-19-,23-20-,26-24-. The van der Waals surface area contributed by atoms with Crippen molar-refractivity contribution in [2.45, 2.75) is 207 Å². The largest absolute Gasteiger partial charge is 0.462 e. The molecule has 6 nitrogen and oxygen atoms in total. The lowest BCUT2D eigenvalue weighted by molar-refractivity contribution is -0.167. The van der Waals surface area contributed by atoms with Gasteiger partial charge in [-0.05, 0) is 77.0 Å². The van der Waals surface area contributed by atoms with Crippen LogP contribution in [0.2, 0.25) is 0 Å². The summed E-state index contributed by atoms with van der Waals surface area (Å²) in [6, 6.07) is 0. The molecule has 0 rings (SSSR count). The maximum absolute atomic E-state index is 12.8. The monoisotopic (exact) mass is 819 g/mol. The summed E-state index contributed by atoms with van der Waals surface area (Å²) in [5.74, 6) is -0.949. The van der Waals surface area contributed by atoms with Gasteiger partial charge in [0.1, 0.15) is 13.2 Å². The van der Waals surface area contributed by atoms with E-state index in [4.69, 9.17) is 14.2 Å². The number of carbonyl (C=O) groups excluding carboxylic acids is 3. The highest BCUT2D eigenvalue weighted by Crippen LogP contribution is 2.13. The molecular weight excluding hydrogens is 733 g/mol. The van der Waals surface area contributed by atoms with Crippen LogP contribution < -0.4 is 0 Å². The van der Waals surface area contributed by atoms with E-state index in [1.54, 1.807) is 0 Å². The molecule has 0 aromatic rings. The van der Waals surface area contributed by atoms with Crippen molar-refractivity contribution in [1.29, 1.82) is 0 Å². The van der Waals surface area contributed by atoms with Gasteiger partial charge in [-0.1, -0.05) is 201 Å². The second-order valence-corrected chi connectivity index (χ2v) is 15.4. The van der Waals surface area contributed by atoms with E-state index in [0.29, 0.717) is 19.3 Å². The summed E-state index contributed by atoms with van der Waals surface area (Å²) in [4.78, 5) is 37.8. The molecule has 0 aliphatic carbocycles. The number of esters is 3. The summed E-state index contributed by atoms with van der Waals surface area (Å²) in [5.41, 5.74) is 0. The summed E-state index contributed by atoms with van der Waals surface area (Å²) in [7, 11) is 0. The first-order chi connectivity index (χ1) is 29.0. The van der Waals surface area contributed by atoms with Crippen LogP contribution in [0.3, 0.4) is 0 Å². The molecule has 334 valence electrons. The summed E-state index contributed by atoms with van der Waals surface area (Å²) >= 11 is 0. The van der Waals surface area contributed by atoms with Gasteiger partial charge in [0.15, 0.2) is 6.10 Å². The molecule has 1 unspecified atom stereocenters. The fourth-order valence-electron chi connectivity index (χ4n) is 6.14. The number of hydrogen-bond acceptors (Lipinski definition) is 6. The van der Waals surface area contributed by atoms with E-state index in [9.17, 15) is 14.4 Å². The zero-order chi connectivity index (χ0) is 43.0. The molecule has 0 saturated heterocycles. The highest BCUT2D eigenvalue weighted by Gasteiger charge is 2.19. The third-order valence-electron chi connectivity index (χ3n) is 9.71. The maximum Gasteiger partial charge on any atom is 0.306 e. The Kier molecular flexibility index (Phi) is 44.1. The molecule has 0 aromatic carbocycles. The molecule has 0 aliphatic rings. The van der Waals surface area contributed by atoms with Crippen molar-refractivity contribution in [3.63, 3.8) is 0 Å². The second kappa shape index (κ2) is 47.0.